The van der Waals surface area contributed by atoms with Gasteiger partial charge in [-0.25, -0.2) is 9.78 Å². The molecule has 1 amide bonds. The Labute approximate surface area is 127 Å². The van der Waals surface area contributed by atoms with Crippen LogP contribution in [0.3, 0.4) is 0 Å². The number of halogens is 2. The van der Waals surface area contributed by atoms with Crippen LogP contribution in [0, 0.1) is 0 Å². The molecule has 2 aromatic rings. The van der Waals surface area contributed by atoms with Crippen LogP contribution in [0.5, 0.6) is 0 Å². The van der Waals surface area contributed by atoms with Crippen molar-refractivity contribution in [2.45, 2.75) is 13.0 Å². The largest absolute Gasteiger partial charge is 0.441 e. The number of carbonyl (C=O) groups excluding carboxylic acids is 1. The maximum Gasteiger partial charge on any atom is 0.413 e. The molecule has 0 aliphatic heterocycles. The third kappa shape index (κ3) is 3.68. The number of carbonyl (C=O) groups is 1. The Balaban J connectivity index is 2.00. The molecule has 1 heterocycles. The van der Waals surface area contributed by atoms with Crippen molar-refractivity contribution in [3.63, 3.8) is 0 Å². The second kappa shape index (κ2) is 6.36. The molecule has 0 radical (unpaired) electrons. The van der Waals surface area contributed by atoms with E-state index in [-0.39, 0.29) is 0 Å². The van der Waals surface area contributed by atoms with Gasteiger partial charge in [0, 0.05) is 10.6 Å². The summed E-state index contributed by atoms with van der Waals surface area (Å²) in [6, 6.07) is 7.24. The quantitative estimate of drug-likeness (QED) is 0.848. The molecular formula is C12H10BrClN2O2S. The van der Waals surface area contributed by atoms with E-state index < -0.39 is 12.2 Å². The molecule has 2 rings (SSSR count). The van der Waals surface area contributed by atoms with Crippen LogP contribution in [-0.2, 0) is 4.74 Å². The molecule has 0 unspecified atom stereocenters. The zero-order chi connectivity index (χ0) is 13.8. The summed E-state index contributed by atoms with van der Waals surface area (Å²) in [4.78, 5) is 15.7. The lowest BCUT2D eigenvalue weighted by Crippen LogP contribution is -2.16. The Kier molecular flexibility index (Phi) is 4.79. The van der Waals surface area contributed by atoms with Crippen LogP contribution < -0.4 is 5.32 Å². The van der Waals surface area contributed by atoms with Crippen molar-refractivity contribution in [2.75, 3.05) is 5.32 Å². The van der Waals surface area contributed by atoms with E-state index in [1.807, 2.05) is 18.2 Å². The second-order valence-corrected chi connectivity index (χ2v) is 6.25. The summed E-state index contributed by atoms with van der Waals surface area (Å²) in [7, 11) is 0. The number of hydrogen-bond acceptors (Lipinski definition) is 4. The van der Waals surface area contributed by atoms with E-state index in [4.69, 9.17) is 16.3 Å². The Morgan fingerprint density at radius 3 is 2.89 bits per heavy atom. The van der Waals surface area contributed by atoms with Crippen LogP contribution in [0.15, 0.2) is 33.6 Å². The zero-order valence-corrected chi connectivity index (χ0v) is 13.1. The molecule has 0 aliphatic rings. The monoisotopic (exact) mass is 360 g/mol. The molecule has 0 saturated heterocycles. The lowest BCUT2D eigenvalue weighted by molar-refractivity contribution is 0.121. The van der Waals surface area contributed by atoms with Gasteiger partial charge in [-0.3, -0.25) is 5.32 Å². The van der Waals surface area contributed by atoms with Crippen molar-refractivity contribution in [1.82, 2.24) is 4.98 Å². The highest BCUT2D eigenvalue weighted by Crippen LogP contribution is 2.27. The van der Waals surface area contributed by atoms with E-state index in [1.165, 1.54) is 11.3 Å². The molecule has 7 heteroatoms. The molecule has 1 aromatic carbocycles. The molecule has 0 fully saturated rings. The SMILES string of the molecule is C[C@@H](OC(=O)Nc1ncsc1Br)c1ccccc1Cl. The number of ether oxygens (including phenoxy) is 1. The number of rotatable bonds is 3. The topological polar surface area (TPSA) is 51.2 Å². The Morgan fingerprint density at radius 1 is 1.53 bits per heavy atom. The van der Waals surface area contributed by atoms with E-state index in [1.54, 1.807) is 18.5 Å². The average molecular weight is 362 g/mol. The highest BCUT2D eigenvalue weighted by molar-refractivity contribution is 9.11. The van der Waals surface area contributed by atoms with Gasteiger partial charge in [0.05, 0.1) is 5.51 Å². The van der Waals surface area contributed by atoms with Crippen LogP contribution in [0.25, 0.3) is 0 Å². The molecule has 1 aromatic heterocycles. The van der Waals surface area contributed by atoms with Crippen molar-refractivity contribution in [2.24, 2.45) is 0 Å². The number of benzene rings is 1. The normalized spacial score (nSPS) is 11.9. The number of hydrogen-bond donors (Lipinski definition) is 1. The van der Waals surface area contributed by atoms with Crippen molar-refractivity contribution < 1.29 is 9.53 Å². The molecule has 0 bridgehead atoms. The van der Waals surface area contributed by atoms with Gasteiger partial charge in [0.2, 0.25) is 0 Å². The molecule has 100 valence electrons. The molecular weight excluding hydrogens is 352 g/mol. The molecule has 0 saturated carbocycles. The first-order valence-electron chi connectivity index (χ1n) is 5.39. The summed E-state index contributed by atoms with van der Waals surface area (Å²) < 4.78 is 6.00. The number of thiazole rings is 1. The Hall–Kier alpha value is -1.11. The summed E-state index contributed by atoms with van der Waals surface area (Å²) in [5.74, 6) is 0.446. The standard InChI is InChI=1S/C12H10BrClN2O2S/c1-7(8-4-2-3-5-9(8)14)18-12(17)16-11-10(13)19-6-15-11/h2-7H,1H3,(H,16,17)/t7-/m1/s1. The Morgan fingerprint density at radius 2 is 2.26 bits per heavy atom. The predicted octanol–water partition coefficient (Wildman–Crippen LogP) is 4.87. The average Bonchev–Trinajstić information content (AvgIpc) is 2.75. The summed E-state index contributed by atoms with van der Waals surface area (Å²) >= 11 is 10.7. The van der Waals surface area contributed by atoms with Crippen LogP contribution in [-0.4, -0.2) is 11.1 Å². The third-order valence-electron chi connectivity index (χ3n) is 2.37. The first-order valence-corrected chi connectivity index (χ1v) is 7.44. The van der Waals surface area contributed by atoms with Gasteiger partial charge in [-0.1, -0.05) is 29.8 Å². The highest BCUT2D eigenvalue weighted by Gasteiger charge is 2.15. The summed E-state index contributed by atoms with van der Waals surface area (Å²) in [6.45, 7) is 1.76. The van der Waals surface area contributed by atoms with E-state index in [0.717, 1.165) is 9.35 Å². The van der Waals surface area contributed by atoms with Crippen molar-refractivity contribution in [3.05, 3.63) is 44.1 Å². The van der Waals surface area contributed by atoms with Gasteiger partial charge >= 0.3 is 6.09 Å². The molecule has 0 spiro atoms. The highest BCUT2D eigenvalue weighted by atomic mass is 79.9. The number of nitrogens with zero attached hydrogens (tertiary/aromatic N) is 1. The van der Waals surface area contributed by atoms with Gasteiger partial charge in [-0.2, -0.15) is 0 Å². The predicted molar refractivity (Wildman–Crippen MR) is 79.8 cm³/mol. The minimum atomic E-state index is -0.570. The zero-order valence-electron chi connectivity index (χ0n) is 9.89. The number of amides is 1. The fourth-order valence-electron chi connectivity index (χ4n) is 1.47. The maximum atomic E-state index is 11.7. The van der Waals surface area contributed by atoms with Gasteiger partial charge < -0.3 is 4.74 Å². The van der Waals surface area contributed by atoms with Gasteiger partial charge in [0.1, 0.15) is 9.89 Å². The first-order chi connectivity index (χ1) is 9.08. The maximum absolute atomic E-state index is 11.7. The van der Waals surface area contributed by atoms with Crippen molar-refractivity contribution >= 4 is 50.8 Å². The fraction of sp³-hybridized carbons (Fsp3) is 0.167. The van der Waals surface area contributed by atoms with E-state index in [0.29, 0.717) is 10.8 Å². The van der Waals surface area contributed by atoms with Crippen molar-refractivity contribution in [3.8, 4) is 0 Å². The van der Waals surface area contributed by atoms with Gasteiger partial charge in [0.25, 0.3) is 0 Å². The number of aromatic nitrogens is 1. The lowest BCUT2D eigenvalue weighted by atomic mass is 10.1. The van der Waals surface area contributed by atoms with E-state index in [9.17, 15) is 4.79 Å². The smallest absolute Gasteiger partial charge is 0.413 e. The fourth-order valence-corrected chi connectivity index (χ4v) is 2.68. The lowest BCUT2D eigenvalue weighted by Gasteiger charge is -2.14. The molecule has 1 N–H and O–H groups in total. The first kappa shape index (κ1) is 14.3. The summed E-state index contributed by atoms with van der Waals surface area (Å²) in [5, 5.41) is 3.13. The van der Waals surface area contributed by atoms with E-state index in [2.05, 4.69) is 26.2 Å². The second-order valence-electron chi connectivity index (χ2n) is 3.67. The molecule has 0 aliphatic carbocycles. The summed E-state index contributed by atoms with van der Waals surface area (Å²) in [6.07, 6.45) is -1.01. The minimum Gasteiger partial charge on any atom is -0.441 e. The molecule has 19 heavy (non-hydrogen) atoms. The van der Waals surface area contributed by atoms with Crippen LogP contribution in [0.4, 0.5) is 10.6 Å². The van der Waals surface area contributed by atoms with Crippen LogP contribution in [0.2, 0.25) is 5.02 Å². The van der Waals surface area contributed by atoms with E-state index >= 15 is 0 Å². The third-order valence-corrected chi connectivity index (χ3v) is 4.26. The van der Waals surface area contributed by atoms with Crippen LogP contribution >= 0.6 is 38.9 Å². The summed E-state index contributed by atoms with van der Waals surface area (Å²) in [5.41, 5.74) is 2.38. The minimum absolute atomic E-state index is 0.439. The van der Waals surface area contributed by atoms with Gasteiger partial charge in [-0.15, -0.1) is 11.3 Å². The van der Waals surface area contributed by atoms with Gasteiger partial charge in [0.15, 0.2) is 5.82 Å². The number of anilines is 1. The number of nitrogens with one attached hydrogen (secondary N) is 1. The molecule has 1 atom stereocenters. The van der Waals surface area contributed by atoms with Crippen molar-refractivity contribution in [1.29, 1.82) is 0 Å². The van der Waals surface area contributed by atoms with Crippen LogP contribution in [0.1, 0.15) is 18.6 Å². The molecule has 4 nitrogen and oxygen atoms in total. The van der Waals surface area contributed by atoms with Gasteiger partial charge in [-0.05, 0) is 28.9 Å². The Bertz CT molecular complexity index is 591.